The zero-order valence-electron chi connectivity index (χ0n) is 17.4. The van der Waals surface area contributed by atoms with Gasteiger partial charge in [0.05, 0.1) is 5.25 Å². The maximum Gasteiger partial charge on any atom is 0.451 e. The Bertz CT molecular complexity index is 1120. The van der Waals surface area contributed by atoms with Gasteiger partial charge in [0.2, 0.25) is 5.82 Å². The molecular weight excluding hydrogens is 455 g/mol. The van der Waals surface area contributed by atoms with E-state index < -0.39 is 23.9 Å². The van der Waals surface area contributed by atoms with Crippen molar-refractivity contribution in [1.82, 2.24) is 19.3 Å². The molecule has 0 radical (unpaired) electrons. The van der Waals surface area contributed by atoms with Gasteiger partial charge in [-0.05, 0) is 51.1 Å². The molecule has 0 bridgehead atoms. The standard InChI is InChI=1S/C20H19F5N4O2S/c1-10-9-15(11(2)29(10)13-5-7-14(8-6-13)31-18(21)22)16(30)12(3)32-19-27-26-17(28(19)4)20(23,24)25/h5-9,12,18H,1-4H3. The van der Waals surface area contributed by atoms with Gasteiger partial charge in [0.15, 0.2) is 10.9 Å². The van der Waals surface area contributed by atoms with Crippen molar-refractivity contribution < 1.29 is 31.5 Å². The van der Waals surface area contributed by atoms with Gasteiger partial charge in [-0.1, -0.05) is 11.8 Å². The Morgan fingerprint density at radius 3 is 2.28 bits per heavy atom. The molecule has 1 atom stereocenters. The molecule has 12 heteroatoms. The molecular formula is C20H19F5N4O2S. The number of rotatable bonds is 7. The average Bonchev–Trinajstić information content (AvgIpc) is 3.20. The molecule has 0 amide bonds. The molecule has 32 heavy (non-hydrogen) atoms. The minimum absolute atomic E-state index is 0.00874. The van der Waals surface area contributed by atoms with Crippen LogP contribution < -0.4 is 4.74 Å². The van der Waals surface area contributed by atoms with Gasteiger partial charge in [-0.15, -0.1) is 10.2 Å². The second kappa shape index (κ2) is 8.93. The number of ether oxygens (including phenoxy) is 1. The molecule has 172 valence electrons. The number of hydrogen-bond acceptors (Lipinski definition) is 5. The molecule has 0 saturated heterocycles. The number of aromatic nitrogens is 4. The maximum atomic E-state index is 13.0. The zero-order valence-corrected chi connectivity index (χ0v) is 18.3. The first kappa shape index (κ1) is 23.8. The summed E-state index contributed by atoms with van der Waals surface area (Å²) in [6.07, 6.45) is -4.64. The third-order valence-corrected chi connectivity index (χ3v) is 5.89. The van der Waals surface area contributed by atoms with Crippen LogP contribution in [0.15, 0.2) is 35.5 Å². The lowest BCUT2D eigenvalue weighted by Gasteiger charge is -2.13. The van der Waals surface area contributed by atoms with Crippen molar-refractivity contribution in [3.63, 3.8) is 0 Å². The topological polar surface area (TPSA) is 61.9 Å². The molecule has 0 aliphatic rings. The average molecular weight is 474 g/mol. The van der Waals surface area contributed by atoms with Gasteiger partial charge in [0.25, 0.3) is 0 Å². The Labute approximate surface area is 184 Å². The second-order valence-electron chi connectivity index (χ2n) is 6.98. The van der Waals surface area contributed by atoms with Gasteiger partial charge in [-0.3, -0.25) is 4.79 Å². The van der Waals surface area contributed by atoms with Gasteiger partial charge in [0.1, 0.15) is 5.75 Å². The van der Waals surface area contributed by atoms with Crippen LogP contribution in [-0.4, -0.2) is 37.0 Å². The highest BCUT2D eigenvalue weighted by molar-refractivity contribution is 8.00. The molecule has 0 aliphatic heterocycles. The number of benzene rings is 1. The molecule has 0 aliphatic carbocycles. The third-order valence-electron chi connectivity index (χ3n) is 4.76. The summed E-state index contributed by atoms with van der Waals surface area (Å²) in [5.41, 5.74) is 2.37. The number of halogens is 5. The number of hydrogen-bond donors (Lipinski definition) is 0. The van der Waals surface area contributed by atoms with Crippen LogP contribution in [0.25, 0.3) is 5.69 Å². The summed E-state index contributed by atoms with van der Waals surface area (Å²) in [6, 6.07) is 7.64. The van der Waals surface area contributed by atoms with Gasteiger partial charge in [-0.2, -0.15) is 22.0 Å². The summed E-state index contributed by atoms with van der Waals surface area (Å²) in [5.74, 6) is -1.42. The molecule has 3 rings (SSSR count). The molecule has 6 nitrogen and oxygen atoms in total. The lowest BCUT2D eigenvalue weighted by Crippen LogP contribution is -2.16. The van der Waals surface area contributed by atoms with Crippen LogP contribution in [0.3, 0.4) is 0 Å². The van der Waals surface area contributed by atoms with Crippen molar-refractivity contribution in [2.45, 2.75) is 44.0 Å². The number of Topliss-reactive ketones (excluding diaryl/α,β-unsaturated/α-hetero) is 1. The second-order valence-corrected chi connectivity index (χ2v) is 8.29. The molecule has 2 aromatic heterocycles. The van der Waals surface area contributed by atoms with Crippen molar-refractivity contribution in [2.75, 3.05) is 0 Å². The predicted octanol–water partition coefficient (Wildman–Crippen LogP) is 5.21. The number of thioether (sulfide) groups is 1. The van der Waals surface area contributed by atoms with E-state index in [0.717, 1.165) is 22.0 Å². The Balaban J connectivity index is 1.83. The first-order valence-corrected chi connectivity index (χ1v) is 10.2. The van der Waals surface area contributed by atoms with E-state index >= 15 is 0 Å². The van der Waals surface area contributed by atoms with Crippen molar-refractivity contribution in [3.05, 3.63) is 53.1 Å². The van der Waals surface area contributed by atoms with E-state index in [-0.39, 0.29) is 16.7 Å². The fourth-order valence-electron chi connectivity index (χ4n) is 3.28. The molecule has 0 N–H and O–H groups in total. The van der Waals surface area contributed by atoms with Crippen molar-refractivity contribution in [2.24, 2.45) is 7.05 Å². The van der Waals surface area contributed by atoms with E-state index in [1.54, 1.807) is 43.5 Å². The lowest BCUT2D eigenvalue weighted by atomic mass is 10.1. The molecule has 1 unspecified atom stereocenters. The highest BCUT2D eigenvalue weighted by Crippen LogP contribution is 2.32. The first-order valence-electron chi connectivity index (χ1n) is 9.31. The number of nitrogens with zero attached hydrogens (tertiary/aromatic N) is 4. The number of carbonyl (C=O) groups is 1. The molecule has 3 aromatic rings. The summed E-state index contributed by atoms with van der Waals surface area (Å²) >= 11 is 0.880. The molecule has 0 spiro atoms. The molecule has 1 aromatic carbocycles. The quantitative estimate of drug-likeness (QED) is 0.267. The van der Waals surface area contributed by atoms with E-state index in [9.17, 15) is 26.7 Å². The molecule has 0 fully saturated rings. The van der Waals surface area contributed by atoms with Crippen LogP contribution >= 0.6 is 11.8 Å². The first-order chi connectivity index (χ1) is 14.9. The fourth-order valence-corrected chi connectivity index (χ4v) is 4.16. The van der Waals surface area contributed by atoms with Crippen LogP contribution in [0.4, 0.5) is 22.0 Å². The van der Waals surface area contributed by atoms with E-state index in [1.807, 2.05) is 0 Å². The van der Waals surface area contributed by atoms with E-state index in [4.69, 9.17) is 0 Å². The van der Waals surface area contributed by atoms with Crippen LogP contribution in [0.1, 0.15) is 34.5 Å². The minimum Gasteiger partial charge on any atom is -0.435 e. The van der Waals surface area contributed by atoms with Crippen molar-refractivity contribution in [1.29, 1.82) is 0 Å². The van der Waals surface area contributed by atoms with Crippen molar-refractivity contribution in [3.8, 4) is 11.4 Å². The van der Waals surface area contributed by atoms with E-state index in [1.165, 1.54) is 19.2 Å². The Morgan fingerprint density at radius 1 is 1.12 bits per heavy atom. The van der Waals surface area contributed by atoms with Gasteiger partial charge in [0, 0.05) is 29.7 Å². The van der Waals surface area contributed by atoms with E-state index in [2.05, 4.69) is 14.9 Å². The maximum absolute atomic E-state index is 13.0. The van der Waals surface area contributed by atoms with Gasteiger partial charge in [-0.25, -0.2) is 0 Å². The lowest BCUT2D eigenvalue weighted by molar-refractivity contribution is -0.147. The Kier molecular flexibility index (Phi) is 6.63. The Hall–Kier alpha value is -2.89. The summed E-state index contributed by atoms with van der Waals surface area (Å²) in [5, 5.41) is 5.97. The summed E-state index contributed by atoms with van der Waals surface area (Å²) < 4.78 is 70.4. The number of ketones is 1. The highest BCUT2D eigenvalue weighted by Gasteiger charge is 2.38. The van der Waals surface area contributed by atoms with Crippen LogP contribution in [0, 0.1) is 13.8 Å². The predicted molar refractivity (Wildman–Crippen MR) is 108 cm³/mol. The van der Waals surface area contributed by atoms with Gasteiger partial charge >= 0.3 is 12.8 Å². The van der Waals surface area contributed by atoms with Crippen LogP contribution in [-0.2, 0) is 13.2 Å². The summed E-state index contributed by atoms with van der Waals surface area (Å²) in [6.45, 7) is 2.16. The summed E-state index contributed by atoms with van der Waals surface area (Å²) in [7, 11) is 1.19. The van der Waals surface area contributed by atoms with Crippen LogP contribution in [0.5, 0.6) is 5.75 Å². The fraction of sp³-hybridized carbons (Fsp3) is 0.350. The molecule has 2 heterocycles. The third kappa shape index (κ3) is 4.79. The van der Waals surface area contributed by atoms with Crippen LogP contribution in [0.2, 0.25) is 0 Å². The SMILES string of the molecule is Cc1cc(C(=O)C(C)Sc2nnc(C(F)(F)F)n2C)c(C)n1-c1ccc(OC(F)F)cc1. The smallest absolute Gasteiger partial charge is 0.435 e. The monoisotopic (exact) mass is 474 g/mol. The largest absolute Gasteiger partial charge is 0.451 e. The number of aryl methyl sites for hydroxylation is 1. The van der Waals surface area contributed by atoms with E-state index in [0.29, 0.717) is 16.9 Å². The minimum atomic E-state index is -4.64. The van der Waals surface area contributed by atoms with Crippen molar-refractivity contribution >= 4 is 17.5 Å². The molecule has 0 saturated carbocycles. The Morgan fingerprint density at radius 2 is 1.75 bits per heavy atom. The number of alkyl halides is 5. The van der Waals surface area contributed by atoms with Gasteiger partial charge < -0.3 is 13.9 Å². The zero-order chi connectivity index (χ0) is 23.8. The summed E-state index contributed by atoms with van der Waals surface area (Å²) in [4.78, 5) is 13.0. The number of carbonyl (C=O) groups excluding carboxylic acids is 1. The highest BCUT2D eigenvalue weighted by atomic mass is 32.2. The normalized spacial score (nSPS) is 12.9.